The summed E-state index contributed by atoms with van der Waals surface area (Å²) >= 11 is 2.11. The minimum absolute atomic E-state index is 0.515. The van der Waals surface area contributed by atoms with E-state index in [9.17, 15) is 0 Å². The van der Waals surface area contributed by atoms with Crippen molar-refractivity contribution in [2.24, 2.45) is 0 Å². The Bertz CT molecular complexity index is 139. The topological polar surface area (TPSA) is 12.0 Å². The summed E-state index contributed by atoms with van der Waals surface area (Å²) in [5.41, 5.74) is 0. The molecule has 1 rings (SSSR count). The average molecular weight is 185 g/mol. The van der Waals surface area contributed by atoms with Crippen molar-refractivity contribution >= 4 is 11.8 Å². The van der Waals surface area contributed by atoms with Crippen molar-refractivity contribution in [3.8, 4) is 0 Å². The number of nitrogens with one attached hydrogen (secondary N) is 1. The van der Waals surface area contributed by atoms with Gasteiger partial charge in [0, 0.05) is 11.3 Å². The quantitative estimate of drug-likeness (QED) is 0.521. The summed E-state index contributed by atoms with van der Waals surface area (Å²) in [5.74, 6) is 1.35. The lowest BCUT2D eigenvalue weighted by Crippen LogP contribution is -2.33. The van der Waals surface area contributed by atoms with Crippen LogP contribution in [0.4, 0.5) is 0 Å². The summed E-state index contributed by atoms with van der Waals surface area (Å²) in [4.78, 5) is 0. The van der Waals surface area contributed by atoms with Crippen molar-refractivity contribution in [2.45, 2.75) is 30.9 Å². The zero-order valence-electron chi connectivity index (χ0n) is 7.94. The first-order valence-electron chi connectivity index (χ1n) is 4.72. The fourth-order valence-electron chi connectivity index (χ4n) is 1.53. The first kappa shape index (κ1) is 10.1. The smallest absolute Gasteiger partial charge is 0.0256 e. The van der Waals surface area contributed by atoms with E-state index in [-0.39, 0.29) is 0 Å². The molecule has 0 spiro atoms. The molecule has 0 amide bonds. The van der Waals surface area contributed by atoms with Crippen LogP contribution in [-0.4, -0.2) is 23.6 Å². The normalized spacial score (nSPS) is 29.1. The summed E-state index contributed by atoms with van der Waals surface area (Å²) in [6, 6.07) is 0. The first-order valence-corrected chi connectivity index (χ1v) is 5.71. The van der Waals surface area contributed by atoms with Gasteiger partial charge in [0.05, 0.1) is 0 Å². The molecular formula is C10H19NS. The van der Waals surface area contributed by atoms with E-state index < -0.39 is 0 Å². The largest absolute Gasteiger partial charge is 0.315 e. The van der Waals surface area contributed by atoms with E-state index in [1.54, 1.807) is 0 Å². The highest BCUT2D eigenvalue weighted by molar-refractivity contribution is 8.00. The van der Waals surface area contributed by atoms with E-state index in [0.29, 0.717) is 4.75 Å². The van der Waals surface area contributed by atoms with Gasteiger partial charge >= 0.3 is 0 Å². The molecule has 1 atom stereocenters. The molecule has 1 nitrogen and oxygen atoms in total. The zero-order chi connectivity index (χ0) is 8.86. The van der Waals surface area contributed by atoms with E-state index in [1.807, 2.05) is 6.08 Å². The minimum atomic E-state index is 0.515. The Labute approximate surface area is 80.0 Å². The molecule has 0 aromatic heterocycles. The Morgan fingerprint density at radius 1 is 1.67 bits per heavy atom. The Balaban J connectivity index is 2.08. The molecule has 0 radical (unpaired) electrons. The highest BCUT2D eigenvalue weighted by atomic mass is 32.2. The number of hydrogen-bond acceptors (Lipinski definition) is 2. The van der Waals surface area contributed by atoms with Crippen molar-refractivity contribution in [1.82, 2.24) is 5.32 Å². The van der Waals surface area contributed by atoms with Crippen LogP contribution in [0.5, 0.6) is 0 Å². The Kier molecular flexibility index (Phi) is 4.16. The summed E-state index contributed by atoms with van der Waals surface area (Å²) in [6.45, 7) is 8.31. The molecule has 0 aromatic rings. The molecule has 2 heteroatoms. The summed E-state index contributed by atoms with van der Waals surface area (Å²) in [5, 5.41) is 3.48. The lowest BCUT2D eigenvalue weighted by atomic mass is 10.1. The summed E-state index contributed by atoms with van der Waals surface area (Å²) in [7, 11) is 0. The van der Waals surface area contributed by atoms with Gasteiger partial charge in [0.25, 0.3) is 0 Å². The molecule has 1 aliphatic heterocycles. The zero-order valence-corrected chi connectivity index (χ0v) is 8.75. The van der Waals surface area contributed by atoms with Gasteiger partial charge in [-0.15, -0.1) is 6.58 Å². The molecule has 0 bridgehead atoms. The van der Waals surface area contributed by atoms with Crippen LogP contribution in [0.1, 0.15) is 26.2 Å². The van der Waals surface area contributed by atoms with Gasteiger partial charge in [-0.25, -0.2) is 0 Å². The molecule has 0 aromatic carbocycles. The second-order valence-corrected chi connectivity index (χ2v) is 5.34. The third-order valence-electron chi connectivity index (χ3n) is 2.32. The van der Waals surface area contributed by atoms with Gasteiger partial charge in [-0.3, -0.25) is 0 Å². The fourth-order valence-corrected chi connectivity index (χ4v) is 2.81. The average Bonchev–Trinajstić information content (AvgIpc) is 2.47. The minimum Gasteiger partial charge on any atom is -0.315 e. The number of hydrogen-bond donors (Lipinski definition) is 1. The van der Waals surface area contributed by atoms with Crippen molar-refractivity contribution in [1.29, 1.82) is 0 Å². The molecule has 1 fully saturated rings. The van der Waals surface area contributed by atoms with Gasteiger partial charge in [0.2, 0.25) is 0 Å². The van der Waals surface area contributed by atoms with Crippen LogP contribution in [0.25, 0.3) is 0 Å². The maximum atomic E-state index is 3.70. The van der Waals surface area contributed by atoms with Gasteiger partial charge in [-0.1, -0.05) is 6.08 Å². The molecule has 1 saturated heterocycles. The molecule has 0 saturated carbocycles. The Morgan fingerprint density at radius 2 is 2.50 bits per heavy atom. The fraction of sp³-hybridized carbons (Fsp3) is 0.800. The van der Waals surface area contributed by atoms with Crippen LogP contribution in [0.15, 0.2) is 12.7 Å². The third-order valence-corrected chi connectivity index (χ3v) is 3.86. The van der Waals surface area contributed by atoms with E-state index in [1.165, 1.54) is 18.6 Å². The predicted octanol–water partition coefficient (Wildman–Crippen LogP) is 2.44. The molecule has 70 valence electrons. The van der Waals surface area contributed by atoms with Crippen LogP contribution in [0.3, 0.4) is 0 Å². The monoisotopic (exact) mass is 185 g/mol. The molecule has 1 unspecified atom stereocenters. The number of rotatable bonds is 5. The Morgan fingerprint density at radius 3 is 3.08 bits per heavy atom. The van der Waals surface area contributed by atoms with Gasteiger partial charge in [0.1, 0.15) is 0 Å². The lowest BCUT2D eigenvalue weighted by Gasteiger charge is -2.22. The highest BCUT2D eigenvalue weighted by Gasteiger charge is 2.28. The number of thioether (sulfide) groups is 1. The maximum Gasteiger partial charge on any atom is 0.0256 e. The molecular weight excluding hydrogens is 166 g/mol. The van der Waals surface area contributed by atoms with Crippen molar-refractivity contribution < 1.29 is 0 Å². The summed E-state index contributed by atoms with van der Waals surface area (Å²) < 4.78 is 0.515. The molecule has 1 heterocycles. The SMILES string of the molecule is C=CCCNCC1(C)CCCS1. The molecule has 1 aliphatic rings. The molecule has 1 N–H and O–H groups in total. The second-order valence-electron chi connectivity index (χ2n) is 3.66. The Hall–Kier alpha value is 0.0500. The summed E-state index contributed by atoms with van der Waals surface area (Å²) in [6.07, 6.45) is 5.82. The van der Waals surface area contributed by atoms with Crippen LogP contribution in [-0.2, 0) is 0 Å². The standard InChI is InChI=1S/C10H19NS/c1-3-4-7-11-9-10(2)6-5-8-12-10/h3,11H,1,4-9H2,2H3. The third kappa shape index (κ3) is 3.20. The molecule has 12 heavy (non-hydrogen) atoms. The van der Waals surface area contributed by atoms with Gasteiger partial charge in [0.15, 0.2) is 0 Å². The van der Waals surface area contributed by atoms with E-state index in [4.69, 9.17) is 0 Å². The van der Waals surface area contributed by atoms with Crippen molar-refractivity contribution in [3.63, 3.8) is 0 Å². The highest BCUT2D eigenvalue weighted by Crippen LogP contribution is 2.36. The van der Waals surface area contributed by atoms with Crippen LogP contribution < -0.4 is 5.32 Å². The van der Waals surface area contributed by atoms with Gasteiger partial charge in [-0.2, -0.15) is 11.8 Å². The van der Waals surface area contributed by atoms with Crippen LogP contribution >= 0.6 is 11.8 Å². The first-order chi connectivity index (χ1) is 5.77. The van der Waals surface area contributed by atoms with Gasteiger partial charge < -0.3 is 5.32 Å². The van der Waals surface area contributed by atoms with E-state index in [0.717, 1.165) is 19.5 Å². The van der Waals surface area contributed by atoms with E-state index >= 15 is 0 Å². The molecule has 0 aliphatic carbocycles. The van der Waals surface area contributed by atoms with Crippen LogP contribution in [0, 0.1) is 0 Å². The van der Waals surface area contributed by atoms with Crippen LogP contribution in [0.2, 0.25) is 0 Å². The van der Waals surface area contributed by atoms with E-state index in [2.05, 4.69) is 30.6 Å². The maximum absolute atomic E-state index is 3.70. The van der Waals surface area contributed by atoms with Gasteiger partial charge in [-0.05, 0) is 38.5 Å². The second kappa shape index (κ2) is 4.93. The van der Waals surface area contributed by atoms with Crippen molar-refractivity contribution in [2.75, 3.05) is 18.8 Å². The van der Waals surface area contributed by atoms with Crippen molar-refractivity contribution in [3.05, 3.63) is 12.7 Å². The lowest BCUT2D eigenvalue weighted by molar-refractivity contribution is 0.541. The predicted molar refractivity (Wildman–Crippen MR) is 57.8 cm³/mol.